The van der Waals surface area contributed by atoms with Crippen LogP contribution in [0.25, 0.3) is 0 Å². The van der Waals surface area contributed by atoms with Gasteiger partial charge in [-0.15, -0.1) is 0 Å². The predicted molar refractivity (Wildman–Crippen MR) is 81.2 cm³/mol. The fourth-order valence-electron chi connectivity index (χ4n) is 2.97. The number of anilines is 1. The molecule has 1 saturated heterocycles. The summed E-state index contributed by atoms with van der Waals surface area (Å²) in [4.78, 5) is 6.79. The number of nitrogen functional groups attached to an aromatic ring is 1. The molecule has 0 unspecified atom stereocenters. The van der Waals surface area contributed by atoms with E-state index in [-0.39, 0.29) is 0 Å². The molecular weight excluding hydrogens is 258 g/mol. The first-order valence-electron chi connectivity index (χ1n) is 7.22. The molecule has 0 radical (unpaired) electrons. The first-order valence-corrected chi connectivity index (χ1v) is 7.59. The summed E-state index contributed by atoms with van der Waals surface area (Å²) in [5.74, 6) is 0.549. The summed E-state index contributed by atoms with van der Waals surface area (Å²) in [5, 5.41) is 0.719. The van der Waals surface area contributed by atoms with Gasteiger partial charge < -0.3 is 5.73 Å². The summed E-state index contributed by atoms with van der Waals surface area (Å²) in [6.07, 6.45) is 5.13. The number of likely N-dealkylation sites (tertiary alicyclic amines) is 1. The van der Waals surface area contributed by atoms with Gasteiger partial charge in [-0.2, -0.15) is 0 Å². The van der Waals surface area contributed by atoms with E-state index in [2.05, 4.69) is 23.7 Å². The minimum atomic E-state index is 0.549. The maximum atomic E-state index is 6.18. The van der Waals surface area contributed by atoms with Crippen LogP contribution in [0.3, 0.4) is 0 Å². The Balaban J connectivity index is 1.97. The molecule has 0 spiro atoms. The largest absolute Gasteiger partial charge is 0.384 e. The molecule has 1 aromatic heterocycles. The van der Waals surface area contributed by atoms with Crippen molar-refractivity contribution < 1.29 is 0 Å². The Labute approximate surface area is 121 Å². The van der Waals surface area contributed by atoms with Crippen molar-refractivity contribution in [2.75, 3.05) is 18.8 Å². The van der Waals surface area contributed by atoms with Crippen LogP contribution in [0.5, 0.6) is 0 Å². The van der Waals surface area contributed by atoms with E-state index in [0.29, 0.717) is 11.2 Å². The Hall–Kier alpha value is -0.800. The maximum Gasteiger partial charge on any atom is 0.123 e. The van der Waals surface area contributed by atoms with E-state index < -0.39 is 0 Å². The van der Waals surface area contributed by atoms with Crippen LogP contribution in [0, 0.1) is 5.41 Å². The van der Waals surface area contributed by atoms with Crippen molar-refractivity contribution in [2.45, 2.75) is 46.1 Å². The Morgan fingerprint density at radius 3 is 2.47 bits per heavy atom. The molecular formula is C15H24ClN3. The van der Waals surface area contributed by atoms with E-state index in [9.17, 15) is 0 Å². The van der Waals surface area contributed by atoms with Gasteiger partial charge in [-0.05, 0) is 43.5 Å². The van der Waals surface area contributed by atoms with Crippen molar-refractivity contribution in [3.63, 3.8) is 0 Å². The minimum Gasteiger partial charge on any atom is -0.384 e. The van der Waals surface area contributed by atoms with E-state index in [1.807, 2.05) is 6.07 Å². The standard InChI is InChI=1S/C15H24ClN3/c1-3-15(4-2)7-9-19(10-8-15)11-13-12(16)5-6-14(17)18-13/h5-6H,3-4,7-11H2,1-2H3,(H2,17,18). The third kappa shape index (κ3) is 3.40. The number of halogens is 1. The normalized spacial score (nSPS) is 19.5. The van der Waals surface area contributed by atoms with E-state index in [0.717, 1.165) is 30.4 Å². The summed E-state index contributed by atoms with van der Waals surface area (Å²) in [7, 11) is 0. The zero-order valence-corrected chi connectivity index (χ0v) is 12.7. The van der Waals surface area contributed by atoms with Gasteiger partial charge in [-0.3, -0.25) is 4.90 Å². The van der Waals surface area contributed by atoms with Crippen molar-refractivity contribution in [1.82, 2.24) is 9.88 Å². The van der Waals surface area contributed by atoms with Gasteiger partial charge in [0.15, 0.2) is 0 Å². The number of nitrogens with two attached hydrogens (primary N) is 1. The van der Waals surface area contributed by atoms with E-state index in [1.54, 1.807) is 6.07 Å². The van der Waals surface area contributed by atoms with E-state index >= 15 is 0 Å². The molecule has 2 heterocycles. The Morgan fingerprint density at radius 2 is 1.89 bits per heavy atom. The first-order chi connectivity index (χ1) is 9.08. The fourth-order valence-corrected chi connectivity index (χ4v) is 3.13. The van der Waals surface area contributed by atoms with Crippen molar-refractivity contribution in [1.29, 1.82) is 0 Å². The number of pyridine rings is 1. The highest BCUT2D eigenvalue weighted by Gasteiger charge is 2.31. The number of hydrogen-bond acceptors (Lipinski definition) is 3. The van der Waals surface area contributed by atoms with Crippen LogP contribution in [0.2, 0.25) is 5.02 Å². The Morgan fingerprint density at radius 1 is 1.26 bits per heavy atom. The van der Waals surface area contributed by atoms with Gasteiger partial charge in [-0.25, -0.2) is 4.98 Å². The van der Waals surface area contributed by atoms with Gasteiger partial charge in [0.05, 0.1) is 10.7 Å². The summed E-state index contributed by atoms with van der Waals surface area (Å²) < 4.78 is 0. The van der Waals surface area contributed by atoms with Gasteiger partial charge in [0.25, 0.3) is 0 Å². The molecule has 0 bridgehead atoms. The van der Waals surface area contributed by atoms with Gasteiger partial charge in [0, 0.05) is 6.54 Å². The molecule has 1 aliphatic heterocycles. The molecule has 4 heteroatoms. The second-order valence-corrected chi connectivity index (χ2v) is 6.06. The molecule has 1 aliphatic rings. The van der Waals surface area contributed by atoms with Gasteiger partial charge in [0.2, 0.25) is 0 Å². The third-order valence-corrected chi connectivity index (χ3v) is 5.07. The SMILES string of the molecule is CCC1(CC)CCN(Cc2nc(N)ccc2Cl)CC1. The van der Waals surface area contributed by atoms with Crippen molar-refractivity contribution in [3.8, 4) is 0 Å². The molecule has 0 aromatic carbocycles. The quantitative estimate of drug-likeness (QED) is 0.915. The lowest BCUT2D eigenvalue weighted by atomic mass is 9.74. The van der Waals surface area contributed by atoms with Crippen LogP contribution in [0.4, 0.5) is 5.82 Å². The van der Waals surface area contributed by atoms with E-state index in [4.69, 9.17) is 17.3 Å². The summed E-state index contributed by atoms with van der Waals surface area (Å²) in [6.45, 7) is 7.71. The number of hydrogen-bond donors (Lipinski definition) is 1. The van der Waals surface area contributed by atoms with E-state index in [1.165, 1.54) is 25.7 Å². The molecule has 0 aliphatic carbocycles. The van der Waals surface area contributed by atoms with Crippen molar-refractivity contribution in [3.05, 3.63) is 22.8 Å². The lowest BCUT2D eigenvalue weighted by Crippen LogP contribution is -2.39. The van der Waals surface area contributed by atoms with Crippen LogP contribution >= 0.6 is 11.6 Å². The maximum absolute atomic E-state index is 6.18. The summed E-state index contributed by atoms with van der Waals surface area (Å²) >= 11 is 6.18. The monoisotopic (exact) mass is 281 g/mol. The highest BCUT2D eigenvalue weighted by molar-refractivity contribution is 6.31. The first kappa shape index (κ1) is 14.6. The third-order valence-electron chi connectivity index (χ3n) is 4.73. The van der Waals surface area contributed by atoms with Gasteiger partial charge >= 0.3 is 0 Å². The second-order valence-electron chi connectivity index (χ2n) is 5.65. The molecule has 19 heavy (non-hydrogen) atoms. The topological polar surface area (TPSA) is 42.2 Å². The molecule has 0 atom stereocenters. The molecule has 106 valence electrons. The van der Waals surface area contributed by atoms with Crippen LogP contribution in [0.1, 0.15) is 45.2 Å². The number of rotatable bonds is 4. The van der Waals surface area contributed by atoms with Gasteiger partial charge in [-0.1, -0.05) is 38.3 Å². The summed E-state index contributed by atoms with van der Waals surface area (Å²) in [5.41, 5.74) is 7.19. The average molecular weight is 282 g/mol. The van der Waals surface area contributed by atoms with Crippen LogP contribution < -0.4 is 5.73 Å². The minimum absolute atomic E-state index is 0.549. The molecule has 0 saturated carbocycles. The van der Waals surface area contributed by atoms with Crippen molar-refractivity contribution in [2.24, 2.45) is 5.41 Å². The molecule has 3 nitrogen and oxygen atoms in total. The van der Waals surface area contributed by atoms with Crippen LogP contribution in [0.15, 0.2) is 12.1 Å². The molecule has 1 fully saturated rings. The predicted octanol–water partition coefficient (Wildman–Crippen LogP) is 3.72. The second kappa shape index (κ2) is 6.10. The zero-order chi connectivity index (χ0) is 13.9. The molecule has 0 amide bonds. The van der Waals surface area contributed by atoms with Crippen LogP contribution in [-0.4, -0.2) is 23.0 Å². The van der Waals surface area contributed by atoms with Gasteiger partial charge in [0.1, 0.15) is 5.82 Å². The highest BCUT2D eigenvalue weighted by Crippen LogP contribution is 2.38. The molecule has 2 N–H and O–H groups in total. The summed E-state index contributed by atoms with van der Waals surface area (Å²) in [6, 6.07) is 3.59. The molecule has 2 rings (SSSR count). The lowest BCUT2D eigenvalue weighted by molar-refractivity contribution is 0.0901. The van der Waals surface area contributed by atoms with Crippen LogP contribution in [-0.2, 0) is 6.54 Å². The fraction of sp³-hybridized carbons (Fsp3) is 0.667. The number of piperidine rings is 1. The highest BCUT2D eigenvalue weighted by atomic mass is 35.5. The number of nitrogens with zero attached hydrogens (tertiary/aromatic N) is 2. The average Bonchev–Trinajstić information content (AvgIpc) is 2.44. The Kier molecular flexibility index (Phi) is 4.69. The Bertz CT molecular complexity index is 419. The lowest BCUT2D eigenvalue weighted by Gasteiger charge is -2.41. The van der Waals surface area contributed by atoms with Crippen molar-refractivity contribution >= 4 is 17.4 Å². The molecule has 1 aromatic rings. The smallest absolute Gasteiger partial charge is 0.123 e. The number of aromatic nitrogens is 1. The zero-order valence-electron chi connectivity index (χ0n) is 12.0.